The van der Waals surface area contributed by atoms with Gasteiger partial charge in [-0.2, -0.15) is 0 Å². The largest absolute Gasteiger partial charge is 0.394 e. The minimum absolute atomic E-state index is 0.209. The van der Waals surface area contributed by atoms with E-state index >= 15 is 0 Å². The van der Waals surface area contributed by atoms with Gasteiger partial charge in [-0.15, -0.1) is 0 Å². The summed E-state index contributed by atoms with van der Waals surface area (Å²) in [7, 11) is 0. The number of rotatable bonds is 26. The van der Waals surface area contributed by atoms with E-state index in [0.717, 1.165) is 19.3 Å². The molecule has 1 rings (SSSR count). The van der Waals surface area contributed by atoms with Gasteiger partial charge in [-0.05, 0) is 25.7 Å². The van der Waals surface area contributed by atoms with E-state index in [-0.39, 0.29) is 18.9 Å². The van der Waals surface area contributed by atoms with Crippen LogP contribution in [0.5, 0.6) is 0 Å². The summed E-state index contributed by atoms with van der Waals surface area (Å²) >= 11 is 0. The lowest BCUT2D eigenvalue weighted by atomic mass is 9.99. The number of aliphatic hydroxyl groups excluding tert-OH is 5. The lowest BCUT2D eigenvalue weighted by molar-refractivity contribution is -0.302. The van der Waals surface area contributed by atoms with Crippen LogP contribution in [0.1, 0.15) is 129 Å². The van der Waals surface area contributed by atoms with Crippen molar-refractivity contribution in [2.45, 2.75) is 172 Å². The van der Waals surface area contributed by atoms with Crippen molar-refractivity contribution in [1.82, 2.24) is 5.32 Å². The molecule has 0 aliphatic carbocycles. The van der Waals surface area contributed by atoms with Crippen molar-refractivity contribution < 1.29 is 39.8 Å². The second-order valence-electron chi connectivity index (χ2n) is 11.9. The lowest BCUT2D eigenvalue weighted by Crippen LogP contribution is -2.60. The average Bonchev–Trinajstić information content (AvgIpc) is 3.01. The van der Waals surface area contributed by atoms with E-state index in [0.29, 0.717) is 0 Å². The molecular formula is C34H63NO8. The van der Waals surface area contributed by atoms with Crippen LogP contribution in [0.25, 0.3) is 0 Å². The van der Waals surface area contributed by atoms with Crippen molar-refractivity contribution in [3.8, 4) is 0 Å². The molecule has 0 spiro atoms. The van der Waals surface area contributed by atoms with Crippen molar-refractivity contribution in [2.24, 2.45) is 0 Å². The normalized spacial score (nSPS) is 24.1. The predicted molar refractivity (Wildman–Crippen MR) is 170 cm³/mol. The summed E-state index contributed by atoms with van der Waals surface area (Å²) < 4.78 is 10.9. The van der Waals surface area contributed by atoms with Crippen LogP contribution in [0.15, 0.2) is 24.3 Å². The molecule has 0 radical (unpaired) electrons. The van der Waals surface area contributed by atoms with Gasteiger partial charge in [-0.25, -0.2) is 0 Å². The molecule has 7 atom stereocenters. The standard InChI is InChI=1S/C34H63NO8/c1-3-5-6-7-8-9-10-11-12-13-14-15-16-17-18-19-20-21-22-23-24-28(37)27(35-30(38)4-2)26-42-34-33(41)32(40)31(39)29(25-36)43-34/h19-20,23-24,27-29,31-34,36-37,39-41H,3-18,21-22,25-26H2,1-2H3,(H,35,38)/b20-19+,24-23+. The zero-order valence-corrected chi connectivity index (χ0v) is 27.0. The Bertz CT molecular complexity index is 731. The van der Waals surface area contributed by atoms with Gasteiger partial charge in [0.1, 0.15) is 24.4 Å². The van der Waals surface area contributed by atoms with Crippen LogP contribution >= 0.6 is 0 Å². The second kappa shape index (κ2) is 25.9. The molecule has 0 aromatic carbocycles. The number of allylic oxidation sites excluding steroid dienone is 3. The van der Waals surface area contributed by atoms with E-state index in [1.165, 1.54) is 89.9 Å². The number of aliphatic hydroxyl groups is 5. The van der Waals surface area contributed by atoms with Gasteiger partial charge in [0, 0.05) is 6.42 Å². The minimum atomic E-state index is -1.56. The van der Waals surface area contributed by atoms with Crippen LogP contribution in [-0.2, 0) is 14.3 Å². The highest BCUT2D eigenvalue weighted by Gasteiger charge is 2.44. The number of amides is 1. The Balaban J connectivity index is 2.20. The summed E-state index contributed by atoms with van der Waals surface area (Å²) in [6.07, 6.45) is 21.8. The third-order valence-electron chi connectivity index (χ3n) is 8.09. The Morgan fingerprint density at radius 2 is 1.30 bits per heavy atom. The molecule has 9 heteroatoms. The van der Waals surface area contributed by atoms with Crippen LogP contribution in [0, 0.1) is 0 Å². The van der Waals surface area contributed by atoms with Crippen LogP contribution in [0.2, 0.25) is 0 Å². The van der Waals surface area contributed by atoms with E-state index in [9.17, 15) is 30.3 Å². The number of carbonyl (C=O) groups is 1. The maximum atomic E-state index is 12.0. The number of unbranched alkanes of at least 4 members (excludes halogenated alkanes) is 15. The third-order valence-corrected chi connectivity index (χ3v) is 8.09. The molecule has 1 fully saturated rings. The summed E-state index contributed by atoms with van der Waals surface area (Å²) in [5.41, 5.74) is 0. The Kier molecular flexibility index (Phi) is 23.9. The van der Waals surface area contributed by atoms with Crippen molar-refractivity contribution in [3.63, 3.8) is 0 Å². The van der Waals surface area contributed by atoms with Gasteiger partial charge in [-0.3, -0.25) is 4.79 Å². The minimum Gasteiger partial charge on any atom is -0.394 e. The van der Waals surface area contributed by atoms with Gasteiger partial charge >= 0.3 is 0 Å². The molecular weight excluding hydrogens is 550 g/mol. The molecule has 0 aromatic rings. The van der Waals surface area contributed by atoms with E-state index in [1.54, 1.807) is 13.0 Å². The van der Waals surface area contributed by atoms with E-state index in [1.807, 2.05) is 6.08 Å². The highest BCUT2D eigenvalue weighted by atomic mass is 16.7. The molecule has 1 aliphatic rings. The molecule has 7 unspecified atom stereocenters. The number of hydrogen-bond donors (Lipinski definition) is 6. The fourth-order valence-corrected chi connectivity index (χ4v) is 5.19. The van der Waals surface area contributed by atoms with E-state index in [4.69, 9.17) is 9.47 Å². The molecule has 9 nitrogen and oxygen atoms in total. The molecule has 0 bridgehead atoms. The first kappa shape index (κ1) is 39.7. The van der Waals surface area contributed by atoms with Crippen LogP contribution in [0.4, 0.5) is 0 Å². The van der Waals surface area contributed by atoms with Crippen molar-refractivity contribution >= 4 is 5.91 Å². The highest BCUT2D eigenvalue weighted by Crippen LogP contribution is 2.22. The summed E-state index contributed by atoms with van der Waals surface area (Å²) in [6.45, 7) is 3.18. The fraction of sp³-hybridized carbons (Fsp3) is 0.853. The zero-order valence-electron chi connectivity index (χ0n) is 27.0. The molecule has 1 heterocycles. The molecule has 1 amide bonds. The molecule has 0 saturated carbocycles. The van der Waals surface area contributed by atoms with Crippen LogP contribution in [0.3, 0.4) is 0 Å². The van der Waals surface area contributed by atoms with Crippen LogP contribution in [-0.4, -0.2) is 87.5 Å². The van der Waals surface area contributed by atoms with Gasteiger partial charge in [0.05, 0.1) is 25.4 Å². The Labute approximate surface area is 260 Å². The fourth-order valence-electron chi connectivity index (χ4n) is 5.19. The smallest absolute Gasteiger partial charge is 0.220 e. The number of ether oxygens (including phenoxy) is 2. The van der Waals surface area contributed by atoms with Crippen molar-refractivity contribution in [2.75, 3.05) is 13.2 Å². The first-order chi connectivity index (χ1) is 20.8. The summed E-state index contributed by atoms with van der Waals surface area (Å²) in [5, 5.41) is 52.7. The SMILES string of the molecule is CCCCCCCCCCCCCCCC/C=C/CC/C=C/C(O)C(COC1OC(CO)C(O)C(O)C1O)NC(=O)CC. The van der Waals surface area contributed by atoms with Crippen molar-refractivity contribution in [3.05, 3.63) is 24.3 Å². The Morgan fingerprint density at radius 3 is 1.86 bits per heavy atom. The van der Waals surface area contributed by atoms with Gasteiger partial charge in [-0.1, -0.05) is 122 Å². The maximum Gasteiger partial charge on any atom is 0.220 e. The topological polar surface area (TPSA) is 149 Å². The van der Waals surface area contributed by atoms with E-state index < -0.39 is 49.5 Å². The Morgan fingerprint density at radius 1 is 0.767 bits per heavy atom. The predicted octanol–water partition coefficient (Wildman–Crippen LogP) is 4.82. The maximum absolute atomic E-state index is 12.0. The number of nitrogens with one attached hydrogen (secondary N) is 1. The summed E-state index contributed by atoms with van der Waals surface area (Å²) in [4.78, 5) is 12.0. The van der Waals surface area contributed by atoms with Crippen LogP contribution < -0.4 is 5.32 Å². The molecule has 252 valence electrons. The Hall–Kier alpha value is -1.33. The quantitative estimate of drug-likeness (QED) is 0.0601. The average molecular weight is 614 g/mol. The number of hydrogen-bond acceptors (Lipinski definition) is 8. The summed E-state index contributed by atoms with van der Waals surface area (Å²) in [6, 6.07) is -0.813. The molecule has 0 aromatic heterocycles. The molecule has 1 aliphatic heterocycles. The number of carbonyl (C=O) groups excluding carboxylic acids is 1. The van der Waals surface area contributed by atoms with Gasteiger partial charge in [0.25, 0.3) is 0 Å². The van der Waals surface area contributed by atoms with Gasteiger partial charge in [0.2, 0.25) is 5.91 Å². The first-order valence-corrected chi connectivity index (χ1v) is 17.1. The monoisotopic (exact) mass is 613 g/mol. The lowest BCUT2D eigenvalue weighted by Gasteiger charge is -2.40. The summed E-state index contributed by atoms with van der Waals surface area (Å²) in [5.74, 6) is -0.277. The highest BCUT2D eigenvalue weighted by molar-refractivity contribution is 5.75. The van der Waals surface area contributed by atoms with Crippen molar-refractivity contribution in [1.29, 1.82) is 0 Å². The molecule has 43 heavy (non-hydrogen) atoms. The second-order valence-corrected chi connectivity index (χ2v) is 11.9. The zero-order chi connectivity index (χ0) is 31.7. The molecule has 1 saturated heterocycles. The van der Waals surface area contributed by atoms with Gasteiger partial charge < -0.3 is 40.3 Å². The first-order valence-electron chi connectivity index (χ1n) is 17.1. The van der Waals surface area contributed by atoms with Gasteiger partial charge in [0.15, 0.2) is 6.29 Å². The third kappa shape index (κ3) is 18.3. The van der Waals surface area contributed by atoms with E-state index in [2.05, 4.69) is 24.4 Å². The molecule has 6 N–H and O–H groups in total.